The van der Waals surface area contributed by atoms with Crippen LogP contribution in [-0.4, -0.2) is 27.2 Å². The topological polar surface area (TPSA) is 86.2 Å². The summed E-state index contributed by atoms with van der Waals surface area (Å²) in [5.41, 5.74) is 0.500. The van der Waals surface area contributed by atoms with Gasteiger partial charge < -0.3 is 14.8 Å². The highest BCUT2D eigenvalue weighted by atomic mass is 19.3. The number of halogens is 4. The van der Waals surface area contributed by atoms with E-state index in [0.29, 0.717) is 29.2 Å². The van der Waals surface area contributed by atoms with Crippen molar-refractivity contribution in [3.8, 4) is 22.8 Å². The van der Waals surface area contributed by atoms with Crippen LogP contribution in [0.15, 0.2) is 36.9 Å². The molecule has 29 heavy (non-hydrogen) atoms. The van der Waals surface area contributed by atoms with Crippen molar-refractivity contribution in [2.75, 3.05) is 5.32 Å². The fourth-order valence-corrected chi connectivity index (χ4v) is 2.71. The molecule has 3 aromatic rings. The van der Waals surface area contributed by atoms with Gasteiger partial charge in [0.15, 0.2) is 29.0 Å². The van der Waals surface area contributed by atoms with Gasteiger partial charge in [-0.25, -0.2) is 13.8 Å². The average Bonchev–Trinajstić information content (AvgIpc) is 2.94. The smallest absolute Gasteiger partial charge is 0.395 e. The van der Waals surface area contributed by atoms with Gasteiger partial charge in [0.1, 0.15) is 5.56 Å². The number of fused-ring (bicyclic) bond motifs is 1. The summed E-state index contributed by atoms with van der Waals surface area (Å²) in [6.07, 6.45) is 0.0859. The van der Waals surface area contributed by atoms with Crippen molar-refractivity contribution in [1.82, 2.24) is 15.0 Å². The minimum absolute atomic E-state index is 0.0701. The van der Waals surface area contributed by atoms with Crippen molar-refractivity contribution in [2.24, 2.45) is 0 Å². The second-order valence-corrected chi connectivity index (χ2v) is 6.00. The molecule has 0 bridgehead atoms. The number of aromatic nitrogens is 3. The van der Waals surface area contributed by atoms with E-state index in [2.05, 4.69) is 29.7 Å². The zero-order chi connectivity index (χ0) is 20.8. The fraction of sp³-hybridized carbons (Fsp3) is 0.111. The van der Waals surface area contributed by atoms with Gasteiger partial charge in [0.25, 0.3) is 5.91 Å². The number of amides is 1. The Kier molecular flexibility index (Phi) is 4.29. The lowest BCUT2D eigenvalue weighted by atomic mass is 10.1. The quantitative estimate of drug-likeness (QED) is 0.668. The fourth-order valence-electron chi connectivity index (χ4n) is 2.71. The summed E-state index contributed by atoms with van der Waals surface area (Å²) in [5, 5.41) is 2.22. The number of benzene rings is 1. The van der Waals surface area contributed by atoms with E-state index in [1.54, 1.807) is 6.92 Å². The Hall–Kier alpha value is -3.76. The number of pyridine rings is 1. The molecular formula is C18H10F4N4O3. The van der Waals surface area contributed by atoms with Gasteiger partial charge in [0.2, 0.25) is 0 Å². The van der Waals surface area contributed by atoms with Crippen LogP contribution in [0.2, 0.25) is 0 Å². The number of rotatable bonds is 3. The van der Waals surface area contributed by atoms with E-state index in [-0.39, 0.29) is 17.3 Å². The zero-order valence-corrected chi connectivity index (χ0v) is 14.5. The van der Waals surface area contributed by atoms with E-state index >= 15 is 0 Å². The van der Waals surface area contributed by atoms with E-state index in [1.165, 1.54) is 18.3 Å². The number of carbonyl (C=O) groups excluding carboxylic acids is 1. The Labute approximate surface area is 160 Å². The molecule has 1 aliphatic rings. The molecule has 0 unspecified atom stereocenters. The Bertz CT molecular complexity index is 1100. The molecule has 4 rings (SSSR count). The molecular weight excluding hydrogens is 396 g/mol. The third-order valence-corrected chi connectivity index (χ3v) is 4.00. The van der Waals surface area contributed by atoms with Gasteiger partial charge in [-0.2, -0.15) is 0 Å². The number of nitrogens with one attached hydrogen (secondary N) is 1. The Morgan fingerprint density at radius 3 is 2.28 bits per heavy atom. The summed E-state index contributed by atoms with van der Waals surface area (Å²) in [7, 11) is 0. The number of alkyl halides is 2. The number of aryl methyl sites for hydroxylation is 1. The van der Waals surface area contributed by atoms with Crippen LogP contribution in [0.3, 0.4) is 0 Å². The van der Waals surface area contributed by atoms with Gasteiger partial charge in [-0.1, -0.05) is 0 Å². The lowest BCUT2D eigenvalue weighted by Gasteiger charge is -2.08. The molecule has 11 heteroatoms. The van der Waals surface area contributed by atoms with Gasteiger partial charge in [-0.05, 0) is 24.6 Å². The van der Waals surface area contributed by atoms with Gasteiger partial charge in [0, 0.05) is 5.56 Å². The predicted molar refractivity (Wildman–Crippen MR) is 90.5 cm³/mol. The van der Waals surface area contributed by atoms with Crippen LogP contribution in [0, 0.1) is 18.6 Å². The summed E-state index contributed by atoms with van der Waals surface area (Å²) in [4.78, 5) is 23.4. The minimum Gasteiger partial charge on any atom is -0.395 e. The molecule has 3 heterocycles. The number of hydrogen-bond donors (Lipinski definition) is 1. The second-order valence-electron chi connectivity index (χ2n) is 6.00. The molecule has 148 valence electrons. The van der Waals surface area contributed by atoms with Crippen LogP contribution in [0.5, 0.6) is 11.5 Å². The minimum atomic E-state index is -3.75. The Morgan fingerprint density at radius 2 is 1.66 bits per heavy atom. The molecule has 0 fully saturated rings. The third-order valence-electron chi connectivity index (χ3n) is 4.00. The molecule has 1 N–H and O–H groups in total. The van der Waals surface area contributed by atoms with Crippen molar-refractivity contribution < 1.29 is 31.8 Å². The maximum atomic E-state index is 13.6. The first-order chi connectivity index (χ1) is 13.7. The summed E-state index contributed by atoms with van der Waals surface area (Å²) < 4.78 is 62.5. The monoisotopic (exact) mass is 406 g/mol. The number of ether oxygens (including phenoxy) is 2. The summed E-state index contributed by atoms with van der Waals surface area (Å²) >= 11 is 0. The lowest BCUT2D eigenvalue weighted by Crippen LogP contribution is -2.25. The van der Waals surface area contributed by atoms with Gasteiger partial charge in [-0.15, -0.1) is 8.78 Å². The van der Waals surface area contributed by atoms with E-state index in [1.807, 2.05) is 0 Å². The molecule has 0 atom stereocenters. The zero-order valence-electron chi connectivity index (χ0n) is 14.5. The molecule has 1 aliphatic heterocycles. The highest BCUT2D eigenvalue weighted by Crippen LogP contribution is 2.44. The Balaban J connectivity index is 1.57. The SMILES string of the molecule is Cc1cc2c(cc1-c1cnc(NC(=O)c3c(F)cncc3F)cn1)OC(F)(F)O2. The number of hydrogen-bond acceptors (Lipinski definition) is 6. The standard InChI is InChI=1S/C18H10F4N4O3/c1-8-2-13-14(29-18(21,22)28-13)3-9(8)12-6-25-15(7-24-12)26-17(27)16-10(19)4-23-5-11(16)20/h2-7H,1H3,(H,25,26,27). The molecule has 7 nitrogen and oxygen atoms in total. The highest BCUT2D eigenvalue weighted by molar-refractivity contribution is 6.04. The summed E-state index contributed by atoms with van der Waals surface area (Å²) in [6, 6.07) is 2.70. The largest absolute Gasteiger partial charge is 0.586 e. The van der Waals surface area contributed by atoms with Crippen LogP contribution in [0.25, 0.3) is 11.3 Å². The van der Waals surface area contributed by atoms with Crippen LogP contribution in [0.1, 0.15) is 15.9 Å². The van der Waals surface area contributed by atoms with Crippen LogP contribution >= 0.6 is 0 Å². The van der Waals surface area contributed by atoms with E-state index < -0.39 is 29.4 Å². The summed E-state index contributed by atoms with van der Waals surface area (Å²) in [6.45, 7) is 1.65. The third kappa shape index (κ3) is 3.53. The summed E-state index contributed by atoms with van der Waals surface area (Å²) in [5.74, 6) is -3.64. The Morgan fingerprint density at radius 1 is 1.00 bits per heavy atom. The van der Waals surface area contributed by atoms with Crippen LogP contribution < -0.4 is 14.8 Å². The van der Waals surface area contributed by atoms with Gasteiger partial charge >= 0.3 is 6.29 Å². The van der Waals surface area contributed by atoms with Crippen LogP contribution in [0.4, 0.5) is 23.4 Å². The highest BCUT2D eigenvalue weighted by Gasteiger charge is 2.43. The van der Waals surface area contributed by atoms with Crippen molar-refractivity contribution in [1.29, 1.82) is 0 Å². The molecule has 0 saturated carbocycles. The molecule has 1 amide bonds. The van der Waals surface area contributed by atoms with Crippen molar-refractivity contribution in [3.05, 3.63) is 59.7 Å². The van der Waals surface area contributed by atoms with Crippen molar-refractivity contribution in [2.45, 2.75) is 13.2 Å². The van der Waals surface area contributed by atoms with Gasteiger partial charge in [0.05, 0.1) is 30.5 Å². The van der Waals surface area contributed by atoms with E-state index in [4.69, 9.17) is 0 Å². The van der Waals surface area contributed by atoms with E-state index in [9.17, 15) is 22.4 Å². The van der Waals surface area contributed by atoms with Crippen LogP contribution in [-0.2, 0) is 0 Å². The number of nitrogens with zero attached hydrogens (tertiary/aromatic N) is 3. The second kappa shape index (κ2) is 6.69. The molecule has 2 aromatic heterocycles. The first-order valence-electron chi connectivity index (χ1n) is 8.07. The molecule has 0 aliphatic carbocycles. The molecule has 0 spiro atoms. The molecule has 0 radical (unpaired) electrons. The maximum absolute atomic E-state index is 13.6. The maximum Gasteiger partial charge on any atom is 0.586 e. The van der Waals surface area contributed by atoms with E-state index in [0.717, 1.165) is 6.20 Å². The lowest BCUT2D eigenvalue weighted by molar-refractivity contribution is -0.286. The number of anilines is 1. The van der Waals surface area contributed by atoms with Crippen molar-refractivity contribution >= 4 is 11.7 Å². The first kappa shape index (κ1) is 18.6. The first-order valence-corrected chi connectivity index (χ1v) is 8.07. The predicted octanol–water partition coefficient (Wildman–Crippen LogP) is 3.70. The molecule has 0 saturated heterocycles. The normalized spacial score (nSPS) is 14.0. The van der Waals surface area contributed by atoms with Crippen molar-refractivity contribution in [3.63, 3.8) is 0 Å². The molecule has 1 aromatic carbocycles. The number of carbonyl (C=O) groups is 1. The van der Waals surface area contributed by atoms with Gasteiger partial charge in [-0.3, -0.25) is 14.8 Å². The average molecular weight is 406 g/mol.